The Labute approximate surface area is 133 Å². The van der Waals surface area contributed by atoms with Gasteiger partial charge in [0, 0.05) is 18.1 Å². The molecular weight excluding hydrogens is 307 g/mol. The fourth-order valence-electron chi connectivity index (χ4n) is 2.07. The van der Waals surface area contributed by atoms with Crippen LogP contribution in [0.4, 0.5) is 4.39 Å². The van der Waals surface area contributed by atoms with Crippen molar-refractivity contribution in [3.8, 4) is 0 Å². The van der Waals surface area contributed by atoms with Gasteiger partial charge in [-0.25, -0.2) is 4.39 Å². The van der Waals surface area contributed by atoms with Crippen LogP contribution in [0.1, 0.15) is 31.3 Å². The third-order valence-corrected chi connectivity index (χ3v) is 3.72. The van der Waals surface area contributed by atoms with E-state index < -0.39 is 5.82 Å². The van der Waals surface area contributed by atoms with Crippen LogP contribution in [-0.4, -0.2) is 32.6 Å². The van der Waals surface area contributed by atoms with E-state index in [0.717, 1.165) is 5.82 Å². The van der Waals surface area contributed by atoms with Gasteiger partial charge in [-0.3, -0.25) is 4.79 Å². The summed E-state index contributed by atoms with van der Waals surface area (Å²) in [6.45, 7) is 4.40. The van der Waals surface area contributed by atoms with Gasteiger partial charge in [0.25, 0.3) is 0 Å². The molecule has 0 fully saturated rings. The first kappa shape index (κ1) is 16.4. The highest BCUT2D eigenvalue weighted by Crippen LogP contribution is 2.18. The Kier molecular flexibility index (Phi) is 5.13. The molecule has 1 amide bonds. The molecule has 0 bridgehead atoms. The van der Waals surface area contributed by atoms with Crippen molar-refractivity contribution in [2.45, 2.75) is 32.9 Å². The van der Waals surface area contributed by atoms with E-state index in [1.54, 1.807) is 18.3 Å². The quantitative estimate of drug-likeness (QED) is 0.849. The topological polar surface area (TPSA) is 51.0 Å². The Morgan fingerprint density at radius 3 is 2.82 bits per heavy atom. The number of benzene rings is 1. The fourth-order valence-corrected chi connectivity index (χ4v) is 2.31. The van der Waals surface area contributed by atoms with E-state index in [0.29, 0.717) is 12.1 Å². The molecule has 0 spiro atoms. The number of carbonyl (C=O) groups excluding carboxylic acids is 1. The standard InChI is InChI=1S/C15H18ClFN4O/c1-10(2)21-9-18-19-14(21)8-20(3)15(22)6-11-4-5-12(17)7-13(11)16/h4-5,7,9-10H,6,8H2,1-3H3. The highest BCUT2D eigenvalue weighted by atomic mass is 35.5. The Balaban J connectivity index is 2.04. The number of rotatable bonds is 5. The molecule has 1 aromatic heterocycles. The van der Waals surface area contributed by atoms with Crippen LogP contribution in [0.15, 0.2) is 24.5 Å². The molecule has 2 rings (SSSR count). The van der Waals surface area contributed by atoms with Crippen molar-refractivity contribution in [3.05, 3.63) is 46.8 Å². The average molecular weight is 325 g/mol. The summed E-state index contributed by atoms with van der Waals surface area (Å²) in [5, 5.41) is 8.17. The number of nitrogens with zero attached hydrogens (tertiary/aromatic N) is 4. The lowest BCUT2D eigenvalue weighted by Crippen LogP contribution is -2.29. The van der Waals surface area contributed by atoms with Crippen LogP contribution in [0.2, 0.25) is 5.02 Å². The molecule has 1 aromatic carbocycles. The Morgan fingerprint density at radius 2 is 2.18 bits per heavy atom. The summed E-state index contributed by atoms with van der Waals surface area (Å²) in [6, 6.07) is 4.25. The van der Waals surface area contributed by atoms with E-state index >= 15 is 0 Å². The molecule has 0 unspecified atom stereocenters. The average Bonchev–Trinajstić information content (AvgIpc) is 2.90. The molecule has 7 heteroatoms. The third-order valence-electron chi connectivity index (χ3n) is 3.36. The van der Waals surface area contributed by atoms with Crippen molar-refractivity contribution in [1.29, 1.82) is 0 Å². The molecule has 5 nitrogen and oxygen atoms in total. The summed E-state index contributed by atoms with van der Waals surface area (Å²) < 4.78 is 14.9. The van der Waals surface area contributed by atoms with Gasteiger partial charge in [0.2, 0.25) is 5.91 Å². The first-order chi connectivity index (χ1) is 10.4. The molecule has 0 N–H and O–H groups in total. The zero-order valence-electron chi connectivity index (χ0n) is 12.8. The van der Waals surface area contributed by atoms with Crippen molar-refractivity contribution in [2.75, 3.05) is 7.05 Å². The predicted octanol–water partition coefficient (Wildman–Crippen LogP) is 2.85. The van der Waals surface area contributed by atoms with Crippen molar-refractivity contribution in [1.82, 2.24) is 19.7 Å². The van der Waals surface area contributed by atoms with Crippen LogP contribution in [0.25, 0.3) is 0 Å². The maximum atomic E-state index is 13.0. The lowest BCUT2D eigenvalue weighted by Gasteiger charge is -2.18. The molecule has 0 saturated carbocycles. The van der Waals surface area contributed by atoms with E-state index in [-0.39, 0.29) is 23.4 Å². The van der Waals surface area contributed by atoms with Gasteiger partial charge in [0.1, 0.15) is 12.1 Å². The summed E-state index contributed by atoms with van der Waals surface area (Å²) in [4.78, 5) is 13.8. The van der Waals surface area contributed by atoms with Crippen LogP contribution < -0.4 is 0 Å². The number of halogens is 2. The second-order valence-electron chi connectivity index (χ2n) is 5.41. The molecular formula is C15H18ClFN4O. The molecule has 1 heterocycles. The summed E-state index contributed by atoms with van der Waals surface area (Å²) >= 11 is 5.95. The zero-order valence-corrected chi connectivity index (χ0v) is 13.5. The molecule has 0 aliphatic heterocycles. The smallest absolute Gasteiger partial charge is 0.227 e. The SMILES string of the molecule is CC(C)n1cnnc1CN(C)C(=O)Cc1ccc(F)cc1Cl. The molecule has 118 valence electrons. The molecule has 0 aliphatic carbocycles. The largest absolute Gasteiger partial charge is 0.338 e. The van der Waals surface area contributed by atoms with Crippen LogP contribution >= 0.6 is 11.6 Å². The van der Waals surface area contributed by atoms with Crippen LogP contribution in [-0.2, 0) is 17.8 Å². The summed E-state index contributed by atoms with van der Waals surface area (Å²) in [7, 11) is 1.69. The predicted molar refractivity (Wildman–Crippen MR) is 82.0 cm³/mol. The Morgan fingerprint density at radius 1 is 1.45 bits per heavy atom. The van der Waals surface area contributed by atoms with Gasteiger partial charge in [-0.2, -0.15) is 0 Å². The fraction of sp³-hybridized carbons (Fsp3) is 0.400. The highest BCUT2D eigenvalue weighted by Gasteiger charge is 2.16. The Bertz CT molecular complexity index is 671. The van der Waals surface area contributed by atoms with Gasteiger partial charge >= 0.3 is 0 Å². The lowest BCUT2D eigenvalue weighted by molar-refractivity contribution is -0.129. The van der Waals surface area contributed by atoms with Gasteiger partial charge < -0.3 is 9.47 Å². The van der Waals surface area contributed by atoms with E-state index in [9.17, 15) is 9.18 Å². The summed E-state index contributed by atoms with van der Waals surface area (Å²) in [6.07, 6.45) is 1.76. The number of aromatic nitrogens is 3. The first-order valence-corrected chi connectivity index (χ1v) is 7.32. The van der Waals surface area contributed by atoms with E-state index in [4.69, 9.17) is 11.6 Å². The normalized spacial score (nSPS) is 11.0. The van der Waals surface area contributed by atoms with Crippen molar-refractivity contribution >= 4 is 17.5 Å². The molecule has 0 saturated heterocycles. The number of carbonyl (C=O) groups is 1. The van der Waals surface area contributed by atoms with E-state index in [1.165, 1.54) is 18.2 Å². The van der Waals surface area contributed by atoms with E-state index in [1.807, 2.05) is 18.4 Å². The first-order valence-electron chi connectivity index (χ1n) is 6.94. The summed E-state index contributed by atoms with van der Waals surface area (Å²) in [5.74, 6) is 0.183. The van der Waals surface area contributed by atoms with Crippen LogP contribution in [0.3, 0.4) is 0 Å². The van der Waals surface area contributed by atoms with Gasteiger partial charge in [0.05, 0.1) is 13.0 Å². The molecule has 0 atom stereocenters. The number of amides is 1. The number of likely N-dealkylation sites (N-methyl/N-ethyl adjacent to an activating group) is 1. The van der Waals surface area contributed by atoms with Crippen molar-refractivity contribution < 1.29 is 9.18 Å². The van der Waals surface area contributed by atoms with Crippen LogP contribution in [0, 0.1) is 5.82 Å². The monoisotopic (exact) mass is 324 g/mol. The maximum Gasteiger partial charge on any atom is 0.227 e. The lowest BCUT2D eigenvalue weighted by atomic mass is 10.1. The third kappa shape index (κ3) is 3.82. The zero-order chi connectivity index (χ0) is 16.3. The minimum Gasteiger partial charge on any atom is -0.338 e. The van der Waals surface area contributed by atoms with Crippen molar-refractivity contribution in [2.24, 2.45) is 0 Å². The number of hydrogen-bond acceptors (Lipinski definition) is 3. The van der Waals surface area contributed by atoms with Crippen molar-refractivity contribution in [3.63, 3.8) is 0 Å². The summed E-state index contributed by atoms with van der Waals surface area (Å²) in [5.41, 5.74) is 0.602. The molecule has 22 heavy (non-hydrogen) atoms. The van der Waals surface area contributed by atoms with Crippen LogP contribution in [0.5, 0.6) is 0 Å². The van der Waals surface area contributed by atoms with E-state index in [2.05, 4.69) is 10.2 Å². The minimum atomic E-state index is -0.417. The van der Waals surface area contributed by atoms with Gasteiger partial charge in [-0.05, 0) is 31.5 Å². The van der Waals surface area contributed by atoms with Gasteiger partial charge in [-0.1, -0.05) is 17.7 Å². The Hall–Kier alpha value is -1.95. The molecule has 0 aliphatic rings. The maximum absolute atomic E-state index is 13.0. The number of hydrogen-bond donors (Lipinski definition) is 0. The minimum absolute atomic E-state index is 0.116. The van der Waals surface area contributed by atoms with Gasteiger partial charge in [0.15, 0.2) is 5.82 Å². The highest BCUT2D eigenvalue weighted by molar-refractivity contribution is 6.31. The second-order valence-corrected chi connectivity index (χ2v) is 5.82. The second kappa shape index (κ2) is 6.87. The molecule has 2 aromatic rings. The molecule has 0 radical (unpaired) electrons. The van der Waals surface area contributed by atoms with Gasteiger partial charge in [-0.15, -0.1) is 10.2 Å².